The summed E-state index contributed by atoms with van der Waals surface area (Å²) in [6, 6.07) is 4.37. The number of hydrogen-bond acceptors (Lipinski definition) is 5. The Kier molecular flexibility index (Phi) is 5.61. The zero-order valence-corrected chi connectivity index (χ0v) is 17.6. The smallest absolute Gasteiger partial charge is 0.230 e. The Bertz CT molecular complexity index is 642. The number of ether oxygens (including phenoxy) is 1. The van der Waals surface area contributed by atoms with Gasteiger partial charge in [-0.1, -0.05) is 6.07 Å². The minimum atomic E-state index is -0.161. The topological polar surface area (TPSA) is 36.0 Å². The van der Waals surface area contributed by atoms with Gasteiger partial charge in [-0.15, -0.1) is 11.3 Å². The van der Waals surface area contributed by atoms with Gasteiger partial charge >= 0.3 is 0 Å². The van der Waals surface area contributed by atoms with Crippen LogP contribution in [0.15, 0.2) is 17.5 Å². The molecule has 0 aromatic carbocycles. The van der Waals surface area contributed by atoms with Crippen molar-refractivity contribution in [3.05, 3.63) is 22.4 Å². The Hall–Kier alpha value is -0.950. The third-order valence-electron chi connectivity index (χ3n) is 7.31. The maximum Gasteiger partial charge on any atom is 0.230 e. The summed E-state index contributed by atoms with van der Waals surface area (Å²) in [5.41, 5.74) is -0.0144. The van der Waals surface area contributed by atoms with Crippen LogP contribution >= 0.6 is 11.3 Å². The van der Waals surface area contributed by atoms with Crippen LogP contribution in [-0.2, 0) is 16.1 Å². The van der Waals surface area contributed by atoms with Crippen LogP contribution in [0.3, 0.4) is 0 Å². The molecule has 1 unspecified atom stereocenters. The van der Waals surface area contributed by atoms with Gasteiger partial charge in [0.25, 0.3) is 0 Å². The molecule has 4 rings (SSSR count). The summed E-state index contributed by atoms with van der Waals surface area (Å²) < 4.78 is 5.33. The minimum absolute atomic E-state index is 0.147. The van der Waals surface area contributed by atoms with Crippen molar-refractivity contribution in [1.82, 2.24) is 14.7 Å². The molecular weight excluding hydrogens is 358 g/mol. The van der Waals surface area contributed by atoms with E-state index in [9.17, 15) is 4.79 Å². The fraction of sp³-hybridized carbons (Fsp3) is 0.762. The van der Waals surface area contributed by atoms with Gasteiger partial charge < -0.3 is 9.64 Å². The number of thiophene rings is 1. The Balaban J connectivity index is 1.51. The summed E-state index contributed by atoms with van der Waals surface area (Å²) >= 11 is 1.85. The van der Waals surface area contributed by atoms with Crippen LogP contribution in [0.5, 0.6) is 0 Å². The Morgan fingerprint density at radius 2 is 1.96 bits per heavy atom. The van der Waals surface area contributed by atoms with Crippen molar-refractivity contribution in [3.8, 4) is 0 Å². The average Bonchev–Trinajstić information content (AvgIpc) is 3.37. The van der Waals surface area contributed by atoms with Gasteiger partial charge in [0, 0.05) is 56.7 Å². The van der Waals surface area contributed by atoms with Crippen molar-refractivity contribution < 1.29 is 9.53 Å². The van der Waals surface area contributed by atoms with Gasteiger partial charge in [-0.2, -0.15) is 0 Å². The number of nitrogens with zero attached hydrogens (tertiary/aromatic N) is 3. The highest BCUT2D eigenvalue weighted by molar-refractivity contribution is 7.09. The number of methoxy groups -OCH3 is 1. The molecule has 6 heteroatoms. The summed E-state index contributed by atoms with van der Waals surface area (Å²) in [4.78, 5) is 22.1. The molecule has 3 fully saturated rings. The lowest BCUT2D eigenvalue weighted by molar-refractivity contribution is -0.142. The SMILES string of the molecule is CCN1CCC2(CN(CCOC)CC23CCN(Cc2cccs2)CC3)C1=O. The summed E-state index contributed by atoms with van der Waals surface area (Å²) in [6.45, 7) is 10.9. The first-order valence-corrected chi connectivity index (χ1v) is 11.3. The molecule has 0 saturated carbocycles. The molecule has 1 aromatic rings. The molecule has 27 heavy (non-hydrogen) atoms. The van der Waals surface area contributed by atoms with E-state index in [2.05, 4.69) is 39.1 Å². The molecule has 0 aliphatic carbocycles. The first-order valence-electron chi connectivity index (χ1n) is 10.4. The van der Waals surface area contributed by atoms with Crippen LogP contribution in [0.1, 0.15) is 31.1 Å². The number of amides is 1. The summed E-state index contributed by atoms with van der Waals surface area (Å²) in [7, 11) is 1.77. The fourth-order valence-electron chi connectivity index (χ4n) is 5.74. The third-order valence-corrected chi connectivity index (χ3v) is 8.17. The standard InChI is InChI=1S/C21H33N3O2S/c1-3-24-11-8-21(19(24)25)17-23(12-13-26-2)16-20(21)6-9-22(10-7-20)15-18-5-4-14-27-18/h4-5,14H,3,6-13,15-17H2,1-2H3. The van der Waals surface area contributed by atoms with Crippen molar-refractivity contribution in [1.29, 1.82) is 0 Å². The van der Waals surface area contributed by atoms with Crippen LogP contribution < -0.4 is 0 Å². The predicted molar refractivity (Wildman–Crippen MR) is 109 cm³/mol. The fourth-order valence-corrected chi connectivity index (χ4v) is 6.49. The van der Waals surface area contributed by atoms with Crippen LogP contribution in [0.4, 0.5) is 0 Å². The molecule has 5 nitrogen and oxygen atoms in total. The summed E-state index contributed by atoms with van der Waals surface area (Å²) in [5.74, 6) is 0.427. The molecule has 150 valence electrons. The number of fused-ring (bicyclic) bond motifs is 1. The van der Waals surface area contributed by atoms with E-state index in [-0.39, 0.29) is 10.8 Å². The molecule has 4 heterocycles. The zero-order chi connectivity index (χ0) is 18.9. The molecule has 1 aromatic heterocycles. The first kappa shape index (κ1) is 19.4. The highest BCUT2D eigenvalue weighted by Crippen LogP contribution is 2.57. The van der Waals surface area contributed by atoms with Crippen molar-refractivity contribution in [2.45, 2.75) is 32.7 Å². The molecule has 0 radical (unpaired) electrons. The van der Waals surface area contributed by atoms with Gasteiger partial charge in [0.1, 0.15) is 0 Å². The van der Waals surface area contributed by atoms with Gasteiger partial charge in [-0.05, 0) is 50.7 Å². The number of rotatable bonds is 6. The van der Waals surface area contributed by atoms with E-state index in [4.69, 9.17) is 4.74 Å². The van der Waals surface area contributed by atoms with Gasteiger partial charge in [0.2, 0.25) is 5.91 Å². The predicted octanol–water partition coefficient (Wildman–Crippen LogP) is 2.53. The second-order valence-corrected chi connectivity index (χ2v) is 9.59. The van der Waals surface area contributed by atoms with Gasteiger partial charge in [-0.3, -0.25) is 14.6 Å². The van der Waals surface area contributed by atoms with E-state index in [0.29, 0.717) is 5.91 Å². The third kappa shape index (κ3) is 3.35. The zero-order valence-electron chi connectivity index (χ0n) is 16.8. The van der Waals surface area contributed by atoms with Gasteiger partial charge in [0.05, 0.1) is 12.0 Å². The minimum Gasteiger partial charge on any atom is -0.383 e. The highest BCUT2D eigenvalue weighted by Gasteiger charge is 2.64. The monoisotopic (exact) mass is 391 g/mol. The van der Waals surface area contributed by atoms with E-state index in [1.165, 1.54) is 4.88 Å². The number of carbonyl (C=O) groups is 1. The molecule has 1 amide bonds. The lowest BCUT2D eigenvalue weighted by atomic mass is 9.60. The largest absolute Gasteiger partial charge is 0.383 e. The summed E-state index contributed by atoms with van der Waals surface area (Å²) in [6.07, 6.45) is 3.32. The van der Waals surface area contributed by atoms with Crippen molar-refractivity contribution in [2.24, 2.45) is 10.8 Å². The maximum atomic E-state index is 13.4. The molecule has 3 aliphatic rings. The lowest BCUT2D eigenvalue weighted by Crippen LogP contribution is -2.52. The summed E-state index contributed by atoms with van der Waals surface area (Å²) in [5, 5.41) is 2.16. The second kappa shape index (κ2) is 7.82. The Labute approximate surface area is 167 Å². The second-order valence-electron chi connectivity index (χ2n) is 8.56. The average molecular weight is 392 g/mol. The lowest BCUT2D eigenvalue weighted by Gasteiger charge is -2.47. The normalized spacial score (nSPS) is 28.8. The van der Waals surface area contributed by atoms with Crippen LogP contribution in [0.25, 0.3) is 0 Å². The number of piperidine rings is 1. The quantitative estimate of drug-likeness (QED) is 0.747. The molecule has 0 N–H and O–H groups in total. The van der Waals surface area contributed by atoms with E-state index in [1.54, 1.807) is 7.11 Å². The van der Waals surface area contributed by atoms with E-state index in [0.717, 1.165) is 78.2 Å². The van der Waals surface area contributed by atoms with E-state index >= 15 is 0 Å². The Morgan fingerprint density at radius 3 is 2.59 bits per heavy atom. The van der Waals surface area contributed by atoms with Crippen molar-refractivity contribution in [2.75, 3.05) is 59.5 Å². The van der Waals surface area contributed by atoms with Gasteiger partial charge in [0.15, 0.2) is 0 Å². The molecule has 3 saturated heterocycles. The van der Waals surface area contributed by atoms with Crippen LogP contribution in [0, 0.1) is 10.8 Å². The highest BCUT2D eigenvalue weighted by atomic mass is 32.1. The molecule has 0 bridgehead atoms. The molecule has 3 aliphatic heterocycles. The van der Waals surface area contributed by atoms with Crippen LogP contribution in [0.2, 0.25) is 0 Å². The number of likely N-dealkylation sites (tertiary alicyclic amines) is 3. The first-order chi connectivity index (χ1) is 13.1. The molecular formula is C21H33N3O2S. The molecule has 1 atom stereocenters. The Morgan fingerprint density at radius 1 is 1.15 bits per heavy atom. The van der Waals surface area contributed by atoms with E-state index < -0.39 is 0 Å². The number of carbonyl (C=O) groups excluding carboxylic acids is 1. The van der Waals surface area contributed by atoms with Crippen LogP contribution in [-0.4, -0.2) is 80.1 Å². The van der Waals surface area contributed by atoms with Gasteiger partial charge in [-0.25, -0.2) is 0 Å². The van der Waals surface area contributed by atoms with Crippen molar-refractivity contribution >= 4 is 17.2 Å². The maximum absolute atomic E-state index is 13.4. The van der Waals surface area contributed by atoms with Crippen molar-refractivity contribution in [3.63, 3.8) is 0 Å². The molecule has 2 spiro atoms. The van der Waals surface area contributed by atoms with E-state index in [1.807, 2.05) is 11.3 Å². The number of hydrogen-bond donors (Lipinski definition) is 0.